The van der Waals surface area contributed by atoms with E-state index in [1.165, 1.54) is 0 Å². The third-order valence-corrected chi connectivity index (χ3v) is 7.25. The monoisotopic (exact) mass is 387 g/mol. The van der Waals surface area contributed by atoms with Crippen LogP contribution in [-0.4, -0.2) is 50.0 Å². The predicted molar refractivity (Wildman–Crippen MR) is 78.5 cm³/mol. The summed E-state index contributed by atoms with van der Waals surface area (Å²) in [5, 5.41) is 9.61. The lowest BCUT2D eigenvalue weighted by Gasteiger charge is -2.37. The standard InChI is InChI=1S/C14H20F3NO6S/c1-11(2)8-4-5-12(11,9(19)6-8)7-25(22,23)18-13(21,10(20)24-3)14(15,16)17/h8,18,21H,4-7H2,1-3H3/t8-,12+,13+/m0/s1. The van der Waals surface area contributed by atoms with Crippen LogP contribution in [0.5, 0.6) is 0 Å². The number of methoxy groups -OCH3 is 1. The number of hydrogen-bond donors (Lipinski definition) is 2. The Bertz CT molecular complexity index is 704. The lowest BCUT2D eigenvalue weighted by atomic mass is 9.70. The number of carbonyl (C=O) groups is 2. The van der Waals surface area contributed by atoms with Crippen LogP contribution in [0.4, 0.5) is 13.2 Å². The van der Waals surface area contributed by atoms with Gasteiger partial charge in [-0.1, -0.05) is 13.8 Å². The fourth-order valence-electron chi connectivity index (χ4n) is 4.06. The van der Waals surface area contributed by atoms with Gasteiger partial charge in [-0.15, -0.1) is 0 Å². The van der Waals surface area contributed by atoms with E-state index in [0.717, 1.165) is 4.72 Å². The molecule has 0 aliphatic heterocycles. The molecule has 0 aromatic rings. The van der Waals surface area contributed by atoms with Crippen LogP contribution in [-0.2, 0) is 24.3 Å². The van der Waals surface area contributed by atoms with E-state index in [1.807, 2.05) is 0 Å². The maximum absolute atomic E-state index is 13.1. The van der Waals surface area contributed by atoms with E-state index in [0.29, 0.717) is 13.5 Å². The fraction of sp³-hybridized carbons (Fsp3) is 0.857. The zero-order valence-electron chi connectivity index (χ0n) is 13.9. The van der Waals surface area contributed by atoms with Gasteiger partial charge in [0.05, 0.1) is 12.9 Å². The van der Waals surface area contributed by atoms with E-state index in [9.17, 15) is 36.3 Å². The van der Waals surface area contributed by atoms with Crippen LogP contribution in [0.1, 0.15) is 33.1 Å². The SMILES string of the molecule is COC(=O)[C@](O)(NS(=O)(=O)C[C@]12CC[C@@H](CC1=O)C2(C)C)C(F)(F)F. The molecule has 2 saturated carbocycles. The van der Waals surface area contributed by atoms with Gasteiger partial charge in [-0.05, 0) is 24.2 Å². The largest absolute Gasteiger partial charge is 0.466 e. The van der Waals surface area contributed by atoms with Crippen LogP contribution >= 0.6 is 0 Å². The summed E-state index contributed by atoms with van der Waals surface area (Å²) in [7, 11) is -4.27. The lowest BCUT2D eigenvalue weighted by molar-refractivity contribution is -0.265. The van der Waals surface area contributed by atoms with Gasteiger partial charge >= 0.3 is 17.9 Å². The maximum atomic E-state index is 13.1. The van der Waals surface area contributed by atoms with Crippen LogP contribution in [0.2, 0.25) is 0 Å². The number of alkyl halides is 3. The fourth-order valence-corrected chi connectivity index (χ4v) is 6.10. The Balaban J connectivity index is 2.37. The molecule has 2 fully saturated rings. The van der Waals surface area contributed by atoms with Crippen LogP contribution in [0.3, 0.4) is 0 Å². The van der Waals surface area contributed by atoms with Crippen LogP contribution in [0.25, 0.3) is 0 Å². The highest BCUT2D eigenvalue weighted by atomic mass is 32.2. The van der Waals surface area contributed by atoms with Crippen molar-refractivity contribution in [3.63, 3.8) is 0 Å². The van der Waals surface area contributed by atoms with Gasteiger partial charge in [0.2, 0.25) is 10.0 Å². The molecule has 0 spiro atoms. The highest BCUT2D eigenvalue weighted by molar-refractivity contribution is 7.89. The molecule has 2 bridgehead atoms. The van der Waals surface area contributed by atoms with E-state index in [-0.39, 0.29) is 24.5 Å². The third kappa shape index (κ3) is 2.85. The van der Waals surface area contributed by atoms with Gasteiger partial charge in [0, 0.05) is 11.8 Å². The first-order valence-corrected chi connectivity index (χ1v) is 9.21. The number of ketones is 1. The van der Waals surface area contributed by atoms with Crippen molar-refractivity contribution in [3.8, 4) is 0 Å². The van der Waals surface area contributed by atoms with Gasteiger partial charge in [-0.25, -0.2) is 13.2 Å². The third-order valence-electron chi connectivity index (χ3n) is 5.77. The molecule has 0 amide bonds. The van der Waals surface area contributed by atoms with Crippen molar-refractivity contribution in [2.45, 2.75) is 45.0 Å². The van der Waals surface area contributed by atoms with E-state index < -0.39 is 44.5 Å². The Morgan fingerprint density at radius 3 is 2.32 bits per heavy atom. The predicted octanol–water partition coefficient (Wildman–Crippen LogP) is 0.725. The van der Waals surface area contributed by atoms with Crippen LogP contribution in [0, 0.1) is 16.7 Å². The Kier molecular flexibility index (Phi) is 4.54. The number of rotatable bonds is 5. The molecule has 0 saturated heterocycles. The van der Waals surface area contributed by atoms with E-state index in [1.54, 1.807) is 13.8 Å². The second kappa shape index (κ2) is 5.65. The summed E-state index contributed by atoms with van der Waals surface area (Å²) in [6.45, 7) is 3.42. The lowest BCUT2D eigenvalue weighted by Crippen LogP contribution is -2.65. The van der Waals surface area contributed by atoms with Crippen molar-refractivity contribution in [3.05, 3.63) is 0 Å². The summed E-state index contributed by atoms with van der Waals surface area (Å²) < 4.78 is 68.7. The number of ether oxygens (including phenoxy) is 1. The van der Waals surface area contributed by atoms with E-state index in [2.05, 4.69) is 4.74 Å². The molecule has 2 aliphatic carbocycles. The molecular weight excluding hydrogens is 367 g/mol. The zero-order valence-corrected chi connectivity index (χ0v) is 14.8. The van der Waals surface area contributed by atoms with Gasteiger partial charge in [-0.2, -0.15) is 17.9 Å². The molecule has 0 aromatic heterocycles. The van der Waals surface area contributed by atoms with Crippen LogP contribution < -0.4 is 4.72 Å². The minimum absolute atomic E-state index is 0.0442. The Morgan fingerprint density at radius 1 is 1.40 bits per heavy atom. The summed E-state index contributed by atoms with van der Waals surface area (Å²) >= 11 is 0. The highest BCUT2D eigenvalue weighted by Gasteiger charge is 2.67. The summed E-state index contributed by atoms with van der Waals surface area (Å²) in [5.41, 5.74) is -6.46. The van der Waals surface area contributed by atoms with Gasteiger partial charge in [0.25, 0.3) is 0 Å². The number of sulfonamides is 1. The van der Waals surface area contributed by atoms with E-state index >= 15 is 0 Å². The van der Waals surface area contributed by atoms with Gasteiger partial charge < -0.3 is 9.84 Å². The molecule has 7 nitrogen and oxygen atoms in total. The number of halogens is 3. The van der Waals surface area contributed by atoms with Crippen molar-refractivity contribution >= 4 is 21.8 Å². The molecule has 2 aliphatic rings. The number of fused-ring (bicyclic) bond motifs is 2. The first-order chi connectivity index (χ1) is 11.1. The van der Waals surface area contributed by atoms with Crippen LogP contribution in [0.15, 0.2) is 0 Å². The van der Waals surface area contributed by atoms with E-state index in [4.69, 9.17) is 0 Å². The van der Waals surface area contributed by atoms with Gasteiger partial charge in [0.15, 0.2) is 0 Å². The number of Topliss-reactive ketones (excluding diaryl/α,β-unsaturated/α-hetero) is 1. The molecule has 3 atom stereocenters. The smallest absolute Gasteiger partial charge is 0.443 e. The van der Waals surface area contributed by atoms with Gasteiger partial charge in [-0.3, -0.25) is 4.79 Å². The molecule has 0 heterocycles. The number of esters is 1. The first-order valence-electron chi connectivity index (χ1n) is 7.55. The van der Waals surface area contributed by atoms with Crippen molar-refractivity contribution in [1.29, 1.82) is 0 Å². The molecular formula is C14H20F3NO6S. The number of aliphatic hydroxyl groups is 1. The molecule has 0 radical (unpaired) electrons. The number of nitrogens with one attached hydrogen (secondary N) is 1. The summed E-state index contributed by atoms with van der Waals surface area (Å²) in [4.78, 5) is 23.7. The van der Waals surface area contributed by atoms with Gasteiger partial charge in [0.1, 0.15) is 5.78 Å². The molecule has 0 aromatic carbocycles. The summed E-state index contributed by atoms with van der Waals surface area (Å²) in [6, 6.07) is 0. The molecule has 0 unspecified atom stereocenters. The van der Waals surface area contributed by atoms with Crippen molar-refractivity contribution in [2.75, 3.05) is 12.9 Å². The number of carbonyl (C=O) groups excluding carboxylic acids is 2. The Labute approximate surface area is 143 Å². The van der Waals surface area contributed by atoms with Crippen molar-refractivity contribution in [2.24, 2.45) is 16.7 Å². The highest BCUT2D eigenvalue weighted by Crippen LogP contribution is 2.64. The molecule has 2 rings (SSSR count). The topological polar surface area (TPSA) is 110 Å². The summed E-state index contributed by atoms with van der Waals surface area (Å²) in [6.07, 6.45) is -4.65. The van der Waals surface area contributed by atoms with Crippen molar-refractivity contribution < 1.29 is 41.0 Å². The molecule has 2 N–H and O–H groups in total. The summed E-state index contributed by atoms with van der Waals surface area (Å²) in [5.74, 6) is -3.51. The maximum Gasteiger partial charge on any atom is 0.443 e. The first kappa shape index (κ1) is 20.1. The minimum atomic E-state index is -5.64. The minimum Gasteiger partial charge on any atom is -0.466 e. The second-order valence-electron chi connectivity index (χ2n) is 7.23. The Morgan fingerprint density at radius 2 is 1.96 bits per heavy atom. The molecule has 144 valence electrons. The van der Waals surface area contributed by atoms with Crippen molar-refractivity contribution in [1.82, 2.24) is 4.72 Å². The Hall–Kier alpha value is -1.20. The average Bonchev–Trinajstić information content (AvgIpc) is 2.78. The average molecular weight is 387 g/mol. The second-order valence-corrected chi connectivity index (χ2v) is 8.95. The zero-order chi connectivity index (χ0) is 19.5. The molecule has 11 heteroatoms. The number of hydrogen-bond acceptors (Lipinski definition) is 6. The quantitative estimate of drug-likeness (QED) is 0.532. The molecule has 25 heavy (non-hydrogen) atoms. The normalized spacial score (nSPS) is 31.0.